The zero-order valence-electron chi connectivity index (χ0n) is 11.3. The number of rotatable bonds is 5. The molecule has 1 rings (SSSR count). The summed E-state index contributed by atoms with van der Waals surface area (Å²) < 4.78 is 0. The molecule has 0 saturated carbocycles. The zero-order valence-corrected chi connectivity index (χ0v) is 12.1. The van der Waals surface area contributed by atoms with E-state index >= 15 is 0 Å². The van der Waals surface area contributed by atoms with Crippen LogP contribution >= 0.6 is 12.4 Å². The van der Waals surface area contributed by atoms with Gasteiger partial charge in [0.25, 0.3) is 0 Å². The van der Waals surface area contributed by atoms with E-state index in [1.807, 2.05) is 32.0 Å². The Morgan fingerprint density at radius 1 is 1.33 bits per heavy atom. The van der Waals surface area contributed by atoms with Gasteiger partial charge in [0.15, 0.2) is 0 Å². The lowest BCUT2D eigenvalue weighted by Gasteiger charge is -2.27. The molecule has 0 spiro atoms. The van der Waals surface area contributed by atoms with E-state index in [0.29, 0.717) is 0 Å². The van der Waals surface area contributed by atoms with E-state index < -0.39 is 6.04 Å². The molecule has 1 aromatic rings. The Balaban J connectivity index is 0.00000289. The maximum absolute atomic E-state index is 11.5. The van der Waals surface area contributed by atoms with Crippen molar-refractivity contribution in [2.24, 2.45) is 5.73 Å². The summed E-state index contributed by atoms with van der Waals surface area (Å²) in [5.41, 5.74) is 6.60. The first-order chi connectivity index (χ1) is 7.91. The highest BCUT2D eigenvalue weighted by molar-refractivity contribution is 5.85. The van der Waals surface area contributed by atoms with E-state index in [9.17, 15) is 4.79 Å². The van der Waals surface area contributed by atoms with Gasteiger partial charge in [-0.25, -0.2) is 0 Å². The summed E-state index contributed by atoms with van der Waals surface area (Å²) in [5.74, 6) is -0.0944. The molecule has 3 N–H and O–H groups in total. The number of hydrogen-bond acceptors (Lipinski definition) is 2. The van der Waals surface area contributed by atoms with E-state index in [1.54, 1.807) is 6.92 Å². The molecule has 18 heavy (non-hydrogen) atoms. The first-order valence-electron chi connectivity index (χ1n) is 6.02. The molecule has 0 aliphatic rings. The predicted octanol–water partition coefficient (Wildman–Crippen LogP) is 2.28. The Hall–Kier alpha value is -1.06. The maximum atomic E-state index is 11.5. The van der Waals surface area contributed by atoms with Crippen molar-refractivity contribution in [3.63, 3.8) is 0 Å². The third-order valence-corrected chi connectivity index (χ3v) is 2.76. The molecule has 102 valence electrons. The van der Waals surface area contributed by atoms with Gasteiger partial charge in [-0.1, -0.05) is 30.3 Å². The summed E-state index contributed by atoms with van der Waals surface area (Å²) in [7, 11) is 0. The van der Waals surface area contributed by atoms with Crippen LogP contribution in [0.4, 0.5) is 0 Å². The molecule has 0 aliphatic carbocycles. The van der Waals surface area contributed by atoms with Crippen molar-refractivity contribution in [1.29, 1.82) is 0 Å². The van der Waals surface area contributed by atoms with Crippen molar-refractivity contribution in [1.82, 2.24) is 5.32 Å². The predicted molar refractivity (Wildman–Crippen MR) is 77.9 cm³/mol. The lowest BCUT2D eigenvalue weighted by atomic mass is 9.95. The average molecular weight is 271 g/mol. The SMILES string of the molecule is CC(N)C(=O)NC(C)(C)CCc1ccccc1.Cl. The van der Waals surface area contributed by atoms with Crippen LogP contribution < -0.4 is 11.1 Å². The number of benzene rings is 1. The molecule has 4 heteroatoms. The number of aryl methyl sites for hydroxylation is 1. The zero-order chi connectivity index (χ0) is 12.9. The minimum Gasteiger partial charge on any atom is -0.350 e. The second-order valence-corrected chi connectivity index (χ2v) is 5.15. The fraction of sp³-hybridized carbons (Fsp3) is 0.500. The number of nitrogens with two attached hydrogens (primary N) is 1. The smallest absolute Gasteiger partial charge is 0.237 e. The van der Waals surface area contributed by atoms with Crippen LogP contribution in [0.5, 0.6) is 0 Å². The van der Waals surface area contributed by atoms with Crippen molar-refractivity contribution >= 4 is 18.3 Å². The molecule has 0 fully saturated rings. The first kappa shape index (κ1) is 16.9. The van der Waals surface area contributed by atoms with Crippen LogP contribution in [-0.4, -0.2) is 17.5 Å². The highest BCUT2D eigenvalue weighted by Gasteiger charge is 2.21. The van der Waals surface area contributed by atoms with Crippen molar-refractivity contribution in [3.05, 3.63) is 35.9 Å². The number of hydrogen-bond donors (Lipinski definition) is 2. The molecule has 3 nitrogen and oxygen atoms in total. The van der Waals surface area contributed by atoms with E-state index in [-0.39, 0.29) is 23.9 Å². The molecule has 0 aromatic heterocycles. The van der Waals surface area contributed by atoms with Gasteiger partial charge in [0, 0.05) is 5.54 Å². The Labute approximate surface area is 116 Å². The lowest BCUT2D eigenvalue weighted by molar-refractivity contribution is -0.123. The molecule has 1 amide bonds. The number of carbonyl (C=O) groups excluding carboxylic acids is 1. The highest BCUT2D eigenvalue weighted by atomic mass is 35.5. The summed E-state index contributed by atoms with van der Waals surface area (Å²) in [4.78, 5) is 11.5. The fourth-order valence-corrected chi connectivity index (χ4v) is 1.61. The summed E-state index contributed by atoms with van der Waals surface area (Å²) in [6.45, 7) is 5.75. The summed E-state index contributed by atoms with van der Waals surface area (Å²) >= 11 is 0. The Kier molecular flexibility index (Phi) is 6.96. The number of nitrogens with one attached hydrogen (secondary N) is 1. The fourth-order valence-electron chi connectivity index (χ4n) is 1.61. The molecular weight excluding hydrogens is 248 g/mol. The number of carbonyl (C=O) groups is 1. The molecule has 0 radical (unpaired) electrons. The van der Waals surface area contributed by atoms with Gasteiger partial charge in [0.05, 0.1) is 6.04 Å². The Morgan fingerprint density at radius 3 is 2.39 bits per heavy atom. The second kappa shape index (κ2) is 7.39. The summed E-state index contributed by atoms with van der Waals surface area (Å²) in [6.07, 6.45) is 1.85. The van der Waals surface area contributed by atoms with Crippen molar-refractivity contribution < 1.29 is 4.79 Å². The third kappa shape index (κ3) is 6.03. The molecular formula is C14H23ClN2O. The third-order valence-electron chi connectivity index (χ3n) is 2.76. The van der Waals surface area contributed by atoms with Gasteiger partial charge in [-0.05, 0) is 39.2 Å². The van der Waals surface area contributed by atoms with Crippen molar-refractivity contribution in [2.75, 3.05) is 0 Å². The van der Waals surface area contributed by atoms with Gasteiger partial charge < -0.3 is 11.1 Å². The van der Waals surface area contributed by atoms with Crippen LogP contribution in [0.25, 0.3) is 0 Å². The minimum atomic E-state index is -0.453. The molecule has 1 aromatic carbocycles. The van der Waals surface area contributed by atoms with Gasteiger partial charge in [-0.15, -0.1) is 12.4 Å². The van der Waals surface area contributed by atoms with Crippen molar-refractivity contribution in [3.8, 4) is 0 Å². The van der Waals surface area contributed by atoms with E-state index in [1.165, 1.54) is 5.56 Å². The highest BCUT2D eigenvalue weighted by Crippen LogP contribution is 2.13. The van der Waals surface area contributed by atoms with Crippen LogP contribution in [0.3, 0.4) is 0 Å². The van der Waals surface area contributed by atoms with Crippen LogP contribution in [0.2, 0.25) is 0 Å². The van der Waals surface area contributed by atoms with Gasteiger partial charge in [-0.3, -0.25) is 4.79 Å². The van der Waals surface area contributed by atoms with E-state index in [4.69, 9.17) is 5.73 Å². The molecule has 0 heterocycles. The van der Waals surface area contributed by atoms with Crippen LogP contribution in [0.15, 0.2) is 30.3 Å². The maximum Gasteiger partial charge on any atom is 0.237 e. The van der Waals surface area contributed by atoms with Crippen LogP contribution in [-0.2, 0) is 11.2 Å². The molecule has 0 saturated heterocycles. The standard InChI is InChI=1S/C14H22N2O.ClH/c1-11(15)13(17)16-14(2,3)10-9-12-7-5-4-6-8-12;/h4-8,11H,9-10,15H2,1-3H3,(H,16,17);1H. The molecule has 0 aliphatic heterocycles. The Morgan fingerprint density at radius 2 is 1.89 bits per heavy atom. The van der Waals surface area contributed by atoms with Crippen LogP contribution in [0.1, 0.15) is 32.8 Å². The van der Waals surface area contributed by atoms with E-state index in [2.05, 4.69) is 17.4 Å². The van der Waals surface area contributed by atoms with Gasteiger partial charge in [0.2, 0.25) is 5.91 Å². The van der Waals surface area contributed by atoms with Gasteiger partial charge in [-0.2, -0.15) is 0 Å². The number of amides is 1. The van der Waals surface area contributed by atoms with Crippen molar-refractivity contribution in [2.45, 2.75) is 45.2 Å². The quantitative estimate of drug-likeness (QED) is 0.863. The summed E-state index contributed by atoms with van der Waals surface area (Å²) in [5, 5.41) is 2.96. The van der Waals surface area contributed by atoms with E-state index in [0.717, 1.165) is 12.8 Å². The molecule has 1 atom stereocenters. The number of halogens is 1. The first-order valence-corrected chi connectivity index (χ1v) is 6.02. The topological polar surface area (TPSA) is 55.1 Å². The van der Waals surface area contributed by atoms with Gasteiger partial charge >= 0.3 is 0 Å². The second-order valence-electron chi connectivity index (χ2n) is 5.15. The van der Waals surface area contributed by atoms with Gasteiger partial charge in [0.1, 0.15) is 0 Å². The summed E-state index contributed by atoms with van der Waals surface area (Å²) in [6, 6.07) is 9.82. The molecule has 0 bridgehead atoms. The minimum absolute atomic E-state index is 0. The lowest BCUT2D eigenvalue weighted by Crippen LogP contribution is -2.49. The molecule has 1 unspecified atom stereocenters. The monoisotopic (exact) mass is 270 g/mol. The largest absolute Gasteiger partial charge is 0.350 e. The average Bonchev–Trinajstić information content (AvgIpc) is 2.27. The Bertz CT molecular complexity index is 363. The normalized spacial score (nSPS) is 12.4. The van der Waals surface area contributed by atoms with Crippen LogP contribution in [0, 0.1) is 0 Å².